The van der Waals surface area contributed by atoms with E-state index in [-0.39, 0.29) is 0 Å². The Labute approximate surface area is 73.5 Å². The monoisotopic (exact) mass is 210 g/mol. The van der Waals surface area contributed by atoms with Crippen LogP contribution in [0.25, 0.3) is 4.48 Å². The van der Waals surface area contributed by atoms with Gasteiger partial charge in [-0.15, -0.1) is 0 Å². The first-order chi connectivity index (χ1) is 5.38. The van der Waals surface area contributed by atoms with E-state index in [1.807, 2.05) is 12.3 Å². The molecule has 0 aliphatic carbocycles. The zero-order chi connectivity index (χ0) is 7.68. The van der Waals surface area contributed by atoms with Crippen LogP contribution in [0.15, 0.2) is 24.5 Å². The van der Waals surface area contributed by atoms with E-state index in [0.717, 1.165) is 16.7 Å². The van der Waals surface area contributed by atoms with Crippen molar-refractivity contribution < 1.29 is 0 Å². The maximum absolute atomic E-state index is 4.02. The number of nitrogens with one attached hydrogen (secondary N) is 1. The van der Waals surface area contributed by atoms with Gasteiger partial charge in [-0.2, -0.15) is 0 Å². The van der Waals surface area contributed by atoms with Crippen molar-refractivity contribution in [3.63, 3.8) is 0 Å². The van der Waals surface area contributed by atoms with E-state index in [1.165, 1.54) is 5.56 Å². The molecule has 0 aromatic carbocycles. The molecule has 11 heavy (non-hydrogen) atoms. The lowest BCUT2D eigenvalue weighted by atomic mass is 10.1. The van der Waals surface area contributed by atoms with Crippen LogP contribution in [0, 0.1) is 0 Å². The fourth-order valence-corrected chi connectivity index (χ4v) is 1.61. The van der Waals surface area contributed by atoms with Crippen molar-refractivity contribution in [2.45, 2.75) is 0 Å². The van der Waals surface area contributed by atoms with Crippen molar-refractivity contribution in [3.05, 3.63) is 30.1 Å². The Kier molecular flexibility index (Phi) is 1.66. The zero-order valence-corrected chi connectivity index (χ0v) is 7.43. The summed E-state index contributed by atoms with van der Waals surface area (Å²) in [6, 6.07) is 1.99. The highest BCUT2D eigenvalue weighted by atomic mass is 79.9. The van der Waals surface area contributed by atoms with Crippen molar-refractivity contribution in [1.82, 2.24) is 4.98 Å². The van der Waals surface area contributed by atoms with Gasteiger partial charge in [0.25, 0.3) is 0 Å². The summed E-state index contributed by atoms with van der Waals surface area (Å²) in [7, 11) is 0. The van der Waals surface area contributed by atoms with Gasteiger partial charge in [-0.1, -0.05) is 22.0 Å². The summed E-state index contributed by atoms with van der Waals surface area (Å²) < 4.78 is 1.15. The van der Waals surface area contributed by atoms with Crippen molar-refractivity contribution >= 4 is 26.1 Å². The summed E-state index contributed by atoms with van der Waals surface area (Å²) in [6.07, 6.45) is 5.73. The van der Waals surface area contributed by atoms with Gasteiger partial charge in [0.2, 0.25) is 0 Å². The molecule has 2 rings (SSSR count). The van der Waals surface area contributed by atoms with Crippen LogP contribution in [0.1, 0.15) is 5.56 Å². The van der Waals surface area contributed by atoms with Crippen molar-refractivity contribution in [2.24, 2.45) is 0 Å². The van der Waals surface area contributed by atoms with Crippen LogP contribution < -0.4 is 5.32 Å². The molecule has 0 fully saturated rings. The van der Waals surface area contributed by atoms with E-state index in [1.54, 1.807) is 6.20 Å². The van der Waals surface area contributed by atoms with Crippen LogP contribution in [0.4, 0.5) is 5.69 Å². The molecule has 0 unspecified atom stereocenters. The maximum atomic E-state index is 4.02. The smallest absolute Gasteiger partial charge is 0.0614 e. The number of halogens is 1. The first-order valence-electron chi connectivity index (χ1n) is 3.42. The normalized spacial score (nSPS) is 14.8. The molecule has 56 valence electrons. The Hall–Kier alpha value is -0.830. The lowest BCUT2D eigenvalue weighted by Crippen LogP contribution is -2.05. The molecule has 0 saturated heterocycles. The average Bonchev–Trinajstić information content (AvgIpc) is 2.06. The molecule has 0 spiro atoms. The van der Waals surface area contributed by atoms with Gasteiger partial charge in [-0.05, 0) is 6.07 Å². The fourth-order valence-electron chi connectivity index (χ4n) is 1.10. The second-order valence-corrected chi connectivity index (χ2v) is 3.21. The highest BCUT2D eigenvalue weighted by molar-refractivity contribution is 9.15. The van der Waals surface area contributed by atoms with E-state index in [9.17, 15) is 0 Å². The van der Waals surface area contributed by atoms with Gasteiger partial charge in [-0.25, -0.2) is 0 Å². The average molecular weight is 211 g/mol. The molecule has 2 heterocycles. The van der Waals surface area contributed by atoms with Crippen LogP contribution in [0.2, 0.25) is 0 Å². The van der Waals surface area contributed by atoms with E-state index >= 15 is 0 Å². The summed E-state index contributed by atoms with van der Waals surface area (Å²) >= 11 is 3.48. The molecular formula is C8H7BrN2. The first-order valence-corrected chi connectivity index (χ1v) is 4.21. The Balaban J connectivity index is 2.56. The summed E-state index contributed by atoms with van der Waals surface area (Å²) in [5.74, 6) is 0. The zero-order valence-electron chi connectivity index (χ0n) is 5.84. The second kappa shape index (κ2) is 2.66. The third kappa shape index (κ3) is 1.16. The van der Waals surface area contributed by atoms with Gasteiger partial charge >= 0.3 is 0 Å². The van der Waals surface area contributed by atoms with Gasteiger partial charge in [-0.3, -0.25) is 4.98 Å². The van der Waals surface area contributed by atoms with Crippen molar-refractivity contribution in [3.8, 4) is 0 Å². The minimum Gasteiger partial charge on any atom is -0.380 e. The minimum absolute atomic E-state index is 0.874. The number of aromatic nitrogens is 1. The number of nitrogens with zero attached hydrogens (tertiary/aromatic N) is 1. The van der Waals surface area contributed by atoms with Gasteiger partial charge in [0.05, 0.1) is 11.9 Å². The Morgan fingerprint density at radius 1 is 1.55 bits per heavy atom. The predicted molar refractivity (Wildman–Crippen MR) is 49.6 cm³/mol. The highest BCUT2D eigenvalue weighted by Gasteiger charge is 2.07. The SMILES string of the molecule is BrC1=CCNc2cnccc21. The molecule has 1 aromatic heterocycles. The Morgan fingerprint density at radius 2 is 2.45 bits per heavy atom. The van der Waals surface area contributed by atoms with E-state index in [0.29, 0.717) is 0 Å². The lowest BCUT2D eigenvalue weighted by molar-refractivity contribution is 1.24. The van der Waals surface area contributed by atoms with Gasteiger partial charge in [0.15, 0.2) is 0 Å². The molecule has 1 aliphatic heterocycles. The molecule has 1 N–H and O–H groups in total. The van der Waals surface area contributed by atoms with E-state index in [4.69, 9.17) is 0 Å². The Morgan fingerprint density at radius 3 is 3.27 bits per heavy atom. The van der Waals surface area contributed by atoms with Crippen LogP contribution >= 0.6 is 15.9 Å². The maximum Gasteiger partial charge on any atom is 0.0614 e. The topological polar surface area (TPSA) is 24.9 Å². The van der Waals surface area contributed by atoms with Crippen LogP contribution in [0.5, 0.6) is 0 Å². The third-order valence-electron chi connectivity index (χ3n) is 1.65. The molecule has 0 saturated carbocycles. The molecule has 1 aromatic rings. The van der Waals surface area contributed by atoms with E-state index in [2.05, 4.69) is 32.3 Å². The van der Waals surface area contributed by atoms with Gasteiger partial charge in [0, 0.05) is 22.8 Å². The molecule has 0 amide bonds. The standard InChI is InChI=1S/C8H7BrN2/c9-7-2-4-11-8-5-10-3-1-6(7)8/h1-3,5,11H,4H2. The molecular weight excluding hydrogens is 204 g/mol. The lowest BCUT2D eigenvalue weighted by Gasteiger charge is -2.14. The van der Waals surface area contributed by atoms with Gasteiger partial charge < -0.3 is 5.32 Å². The minimum atomic E-state index is 0.874. The molecule has 0 bridgehead atoms. The van der Waals surface area contributed by atoms with Crippen molar-refractivity contribution in [2.75, 3.05) is 11.9 Å². The summed E-state index contributed by atoms with van der Waals surface area (Å²) in [6.45, 7) is 0.874. The number of fused-ring (bicyclic) bond motifs is 1. The first kappa shape index (κ1) is 6.85. The van der Waals surface area contributed by atoms with Gasteiger partial charge in [0.1, 0.15) is 0 Å². The summed E-state index contributed by atoms with van der Waals surface area (Å²) in [5, 5.41) is 3.22. The highest BCUT2D eigenvalue weighted by Crippen LogP contribution is 2.29. The van der Waals surface area contributed by atoms with Crippen LogP contribution in [0.3, 0.4) is 0 Å². The predicted octanol–water partition coefficient (Wildman–Crippen LogP) is 2.24. The molecule has 2 nitrogen and oxygen atoms in total. The summed E-state index contributed by atoms with van der Waals surface area (Å²) in [4.78, 5) is 4.02. The number of hydrogen-bond donors (Lipinski definition) is 1. The largest absolute Gasteiger partial charge is 0.380 e. The van der Waals surface area contributed by atoms with Crippen LogP contribution in [-0.4, -0.2) is 11.5 Å². The Bertz CT molecular complexity index is 307. The van der Waals surface area contributed by atoms with E-state index < -0.39 is 0 Å². The summed E-state index contributed by atoms with van der Waals surface area (Å²) in [5.41, 5.74) is 2.29. The molecule has 0 atom stereocenters. The molecule has 1 aliphatic rings. The second-order valence-electron chi connectivity index (χ2n) is 2.35. The quantitative estimate of drug-likeness (QED) is 0.711. The number of anilines is 1. The number of hydrogen-bond acceptors (Lipinski definition) is 2. The molecule has 3 heteroatoms. The fraction of sp³-hybridized carbons (Fsp3) is 0.125. The third-order valence-corrected chi connectivity index (χ3v) is 2.40. The van der Waals surface area contributed by atoms with Crippen molar-refractivity contribution in [1.29, 1.82) is 0 Å². The number of rotatable bonds is 0. The molecule has 0 radical (unpaired) electrons. The van der Waals surface area contributed by atoms with Crippen LogP contribution in [-0.2, 0) is 0 Å². The number of pyridine rings is 1.